The van der Waals surface area contributed by atoms with Gasteiger partial charge in [0, 0.05) is 28.2 Å². The maximum atomic E-state index is 14.3. The number of sulfonamides is 1. The van der Waals surface area contributed by atoms with Crippen LogP contribution >= 0.6 is 23.2 Å². The molecule has 2 amide bonds. The largest absolute Gasteiger partial charge is 0.352 e. The van der Waals surface area contributed by atoms with Crippen LogP contribution in [0.1, 0.15) is 57.2 Å². The highest BCUT2D eigenvalue weighted by Gasteiger charge is 2.35. The van der Waals surface area contributed by atoms with Gasteiger partial charge < -0.3 is 10.2 Å². The Morgan fingerprint density at radius 3 is 2.07 bits per heavy atom. The van der Waals surface area contributed by atoms with E-state index >= 15 is 0 Å². The molecule has 3 aromatic carbocycles. The van der Waals surface area contributed by atoms with Gasteiger partial charge in [0.05, 0.1) is 10.6 Å². The molecule has 2 unspecified atom stereocenters. The molecule has 226 valence electrons. The Hall–Kier alpha value is -3.07. The number of halogens is 2. The number of nitrogens with zero attached hydrogens (tertiary/aromatic N) is 2. The van der Waals surface area contributed by atoms with Gasteiger partial charge in [0.25, 0.3) is 10.0 Å². The molecule has 3 aromatic rings. The summed E-state index contributed by atoms with van der Waals surface area (Å²) in [7, 11) is -4.16. The van der Waals surface area contributed by atoms with Gasteiger partial charge in [-0.1, -0.05) is 85.9 Å². The Morgan fingerprint density at radius 1 is 0.881 bits per heavy atom. The first-order chi connectivity index (χ1) is 19.9. The van der Waals surface area contributed by atoms with E-state index in [2.05, 4.69) is 5.32 Å². The van der Waals surface area contributed by atoms with Crippen LogP contribution < -0.4 is 9.62 Å². The molecule has 0 spiro atoms. The number of amides is 2. The van der Waals surface area contributed by atoms with Crippen LogP contribution in [0, 0.1) is 6.92 Å². The van der Waals surface area contributed by atoms with E-state index in [4.69, 9.17) is 23.2 Å². The Morgan fingerprint density at radius 2 is 1.50 bits per heavy atom. The second-order valence-corrected chi connectivity index (χ2v) is 12.9. The van der Waals surface area contributed by atoms with Crippen LogP contribution in [-0.2, 0) is 32.6 Å². The topological polar surface area (TPSA) is 86.8 Å². The van der Waals surface area contributed by atoms with Crippen molar-refractivity contribution in [3.63, 3.8) is 0 Å². The van der Waals surface area contributed by atoms with Crippen LogP contribution in [0.2, 0.25) is 10.0 Å². The molecule has 2 atom stereocenters. The van der Waals surface area contributed by atoms with Gasteiger partial charge in [0.15, 0.2) is 0 Å². The fraction of sp³-hybridized carbons (Fsp3) is 0.375. The number of aryl methyl sites for hydroxylation is 2. The minimum absolute atomic E-state index is 0.0639. The average molecular weight is 633 g/mol. The van der Waals surface area contributed by atoms with Gasteiger partial charge in [0.2, 0.25) is 11.8 Å². The fourth-order valence-corrected chi connectivity index (χ4v) is 6.59. The van der Waals surface area contributed by atoms with Crippen molar-refractivity contribution in [1.29, 1.82) is 0 Å². The van der Waals surface area contributed by atoms with Crippen molar-refractivity contribution < 1.29 is 18.0 Å². The molecule has 0 radical (unpaired) electrons. The molecule has 10 heteroatoms. The molecule has 0 aliphatic rings. The third kappa shape index (κ3) is 7.85. The average Bonchev–Trinajstić information content (AvgIpc) is 2.97. The smallest absolute Gasteiger partial charge is 0.264 e. The molecular formula is C32H39Cl2N3O4S. The van der Waals surface area contributed by atoms with Gasteiger partial charge in [-0.3, -0.25) is 13.9 Å². The van der Waals surface area contributed by atoms with Gasteiger partial charge in [-0.05, 0) is 69.0 Å². The van der Waals surface area contributed by atoms with Crippen molar-refractivity contribution >= 4 is 50.7 Å². The van der Waals surface area contributed by atoms with Gasteiger partial charge in [-0.15, -0.1) is 0 Å². The monoisotopic (exact) mass is 631 g/mol. The standard InChI is InChI=1S/C32H39Cl2N3O4S/c1-6-23(5)35-32(39)29(8-3)36(20-26-27(33)13-11-14-28(26)34)31(38)21-37(30-15-10-9-12-24(30)7-2)42(40,41)25-18-16-22(4)17-19-25/h9-19,23,29H,6-8,20-21H2,1-5H3,(H,35,39). The van der Waals surface area contributed by atoms with E-state index in [1.807, 2.05) is 46.8 Å². The third-order valence-corrected chi connectivity index (χ3v) is 9.79. The van der Waals surface area contributed by atoms with E-state index in [1.165, 1.54) is 17.0 Å². The number of carbonyl (C=O) groups excluding carboxylic acids is 2. The molecule has 0 aromatic heterocycles. The molecule has 7 nitrogen and oxygen atoms in total. The number of carbonyl (C=O) groups is 2. The molecule has 0 saturated heterocycles. The summed E-state index contributed by atoms with van der Waals surface area (Å²) >= 11 is 13.0. The second-order valence-electron chi connectivity index (χ2n) is 10.3. The van der Waals surface area contributed by atoms with Crippen LogP contribution in [0.5, 0.6) is 0 Å². The third-order valence-electron chi connectivity index (χ3n) is 7.31. The van der Waals surface area contributed by atoms with Crippen molar-refractivity contribution in [3.05, 3.63) is 93.5 Å². The Bertz CT molecular complexity index is 1480. The highest BCUT2D eigenvalue weighted by Crippen LogP contribution is 2.30. The van der Waals surface area contributed by atoms with Crippen molar-refractivity contribution in [2.75, 3.05) is 10.8 Å². The van der Waals surface area contributed by atoms with E-state index in [0.29, 0.717) is 40.6 Å². The van der Waals surface area contributed by atoms with Crippen LogP contribution in [0.3, 0.4) is 0 Å². The lowest BCUT2D eigenvalue weighted by atomic mass is 10.1. The first kappa shape index (κ1) is 33.4. The van der Waals surface area contributed by atoms with Gasteiger partial charge in [-0.2, -0.15) is 0 Å². The molecule has 42 heavy (non-hydrogen) atoms. The normalized spacial score (nSPS) is 12.8. The Kier molecular flexibility index (Phi) is 11.9. The zero-order valence-corrected chi connectivity index (χ0v) is 27.1. The second kappa shape index (κ2) is 14.9. The first-order valence-corrected chi connectivity index (χ1v) is 16.3. The molecule has 0 saturated carbocycles. The van der Waals surface area contributed by atoms with Gasteiger partial charge in [-0.25, -0.2) is 8.42 Å². The molecule has 0 heterocycles. The molecular weight excluding hydrogens is 593 g/mol. The van der Waals surface area contributed by atoms with E-state index in [0.717, 1.165) is 15.4 Å². The van der Waals surface area contributed by atoms with E-state index in [1.54, 1.807) is 42.5 Å². The summed E-state index contributed by atoms with van der Waals surface area (Å²) < 4.78 is 29.4. The number of anilines is 1. The summed E-state index contributed by atoms with van der Waals surface area (Å²) in [5, 5.41) is 3.66. The van der Waals surface area contributed by atoms with E-state index in [-0.39, 0.29) is 23.4 Å². The van der Waals surface area contributed by atoms with Crippen molar-refractivity contribution in [2.45, 2.75) is 77.4 Å². The molecule has 0 bridgehead atoms. The predicted molar refractivity (Wildman–Crippen MR) is 171 cm³/mol. The summed E-state index contributed by atoms with van der Waals surface area (Å²) in [6.45, 7) is 8.85. The maximum Gasteiger partial charge on any atom is 0.264 e. The van der Waals surface area contributed by atoms with E-state index in [9.17, 15) is 18.0 Å². The van der Waals surface area contributed by atoms with Crippen molar-refractivity contribution in [3.8, 4) is 0 Å². The van der Waals surface area contributed by atoms with Crippen molar-refractivity contribution in [1.82, 2.24) is 10.2 Å². The minimum Gasteiger partial charge on any atom is -0.352 e. The highest BCUT2D eigenvalue weighted by atomic mass is 35.5. The van der Waals surface area contributed by atoms with Crippen molar-refractivity contribution in [2.24, 2.45) is 0 Å². The molecule has 0 fully saturated rings. The predicted octanol–water partition coefficient (Wildman–Crippen LogP) is 6.78. The summed E-state index contributed by atoms with van der Waals surface area (Å²) in [5.41, 5.74) is 2.56. The number of hydrogen-bond donors (Lipinski definition) is 1. The molecule has 0 aliphatic heterocycles. The zero-order valence-electron chi connectivity index (χ0n) is 24.7. The number of hydrogen-bond acceptors (Lipinski definition) is 4. The van der Waals surface area contributed by atoms with Gasteiger partial charge in [0.1, 0.15) is 12.6 Å². The number of nitrogens with one attached hydrogen (secondary N) is 1. The lowest BCUT2D eigenvalue weighted by molar-refractivity contribution is -0.140. The Balaban J connectivity index is 2.14. The zero-order chi connectivity index (χ0) is 31.0. The summed E-state index contributed by atoms with van der Waals surface area (Å²) in [6.07, 6.45) is 1.56. The molecule has 1 N–H and O–H groups in total. The lowest BCUT2D eigenvalue weighted by Crippen LogP contribution is -2.53. The highest BCUT2D eigenvalue weighted by molar-refractivity contribution is 7.92. The number of para-hydroxylation sites is 1. The minimum atomic E-state index is -4.16. The summed E-state index contributed by atoms with van der Waals surface area (Å²) in [4.78, 5) is 29.2. The van der Waals surface area contributed by atoms with Crippen LogP contribution in [-0.4, -0.2) is 43.8 Å². The SMILES string of the molecule is CCc1ccccc1N(CC(=O)N(Cc1c(Cl)cccc1Cl)C(CC)C(=O)NC(C)CC)S(=O)(=O)c1ccc(C)cc1. The van der Waals surface area contributed by atoms with Crippen LogP contribution in [0.4, 0.5) is 5.69 Å². The summed E-state index contributed by atoms with van der Waals surface area (Å²) in [6, 6.07) is 17.6. The maximum absolute atomic E-state index is 14.3. The molecule has 0 aliphatic carbocycles. The lowest BCUT2D eigenvalue weighted by Gasteiger charge is -2.34. The van der Waals surface area contributed by atoms with Crippen LogP contribution in [0.25, 0.3) is 0 Å². The molecule has 3 rings (SSSR count). The van der Waals surface area contributed by atoms with E-state index < -0.39 is 28.5 Å². The quantitative estimate of drug-likeness (QED) is 0.225. The number of benzene rings is 3. The van der Waals surface area contributed by atoms with Crippen LogP contribution in [0.15, 0.2) is 71.6 Å². The first-order valence-electron chi connectivity index (χ1n) is 14.1. The summed E-state index contributed by atoms with van der Waals surface area (Å²) in [5.74, 6) is -0.885. The Labute approximate surface area is 259 Å². The fourth-order valence-electron chi connectivity index (χ4n) is 4.62. The number of rotatable bonds is 13. The van der Waals surface area contributed by atoms with Gasteiger partial charge >= 0.3 is 0 Å².